The van der Waals surface area contributed by atoms with Gasteiger partial charge >= 0.3 is 0 Å². The lowest BCUT2D eigenvalue weighted by molar-refractivity contribution is -0.132. The van der Waals surface area contributed by atoms with E-state index >= 15 is 0 Å². The molecule has 1 aliphatic heterocycles. The zero-order valence-electron chi connectivity index (χ0n) is 13.2. The van der Waals surface area contributed by atoms with Gasteiger partial charge in [0.15, 0.2) is 0 Å². The summed E-state index contributed by atoms with van der Waals surface area (Å²) < 4.78 is 0. The highest BCUT2D eigenvalue weighted by Crippen LogP contribution is 2.38. The molecule has 1 aromatic heterocycles. The summed E-state index contributed by atoms with van der Waals surface area (Å²) >= 11 is 1.70. The van der Waals surface area contributed by atoms with Crippen LogP contribution in [0.5, 0.6) is 0 Å². The average molecular weight is 306 g/mol. The number of carbonyl (C=O) groups excluding carboxylic acids is 1. The van der Waals surface area contributed by atoms with Gasteiger partial charge in [0, 0.05) is 6.04 Å². The molecular weight excluding hydrogens is 280 g/mol. The molecule has 2 heterocycles. The number of carbonyl (C=O) groups is 1. The molecule has 1 N–H and O–H groups in total. The van der Waals surface area contributed by atoms with E-state index in [1.165, 1.54) is 18.4 Å². The predicted octanol–water partition coefficient (Wildman–Crippen LogP) is 3.78. The first-order chi connectivity index (χ1) is 10.1. The molecule has 0 bridgehead atoms. The van der Waals surface area contributed by atoms with Crippen molar-refractivity contribution >= 4 is 17.2 Å². The second-order valence-electron chi connectivity index (χ2n) is 7.08. The maximum absolute atomic E-state index is 12.9. The van der Waals surface area contributed by atoms with Gasteiger partial charge in [0.25, 0.3) is 0 Å². The van der Waals surface area contributed by atoms with Crippen molar-refractivity contribution in [2.75, 3.05) is 0 Å². The van der Waals surface area contributed by atoms with E-state index in [9.17, 15) is 4.79 Å². The van der Waals surface area contributed by atoms with Crippen LogP contribution in [-0.2, 0) is 4.79 Å². The van der Waals surface area contributed by atoms with Crippen LogP contribution >= 0.6 is 11.3 Å². The number of nitrogens with one attached hydrogen (secondary N) is 1. The van der Waals surface area contributed by atoms with E-state index in [0.717, 1.165) is 18.8 Å². The Kier molecular flexibility index (Phi) is 4.36. The minimum Gasteiger partial charge on any atom is -0.319 e. The first-order valence-corrected chi connectivity index (χ1v) is 9.11. The zero-order valence-corrected chi connectivity index (χ0v) is 14.0. The lowest BCUT2D eigenvalue weighted by Crippen LogP contribution is -2.38. The van der Waals surface area contributed by atoms with Crippen LogP contribution < -0.4 is 5.32 Å². The van der Waals surface area contributed by atoms with E-state index in [-0.39, 0.29) is 12.2 Å². The van der Waals surface area contributed by atoms with Crippen LogP contribution in [0.25, 0.3) is 0 Å². The van der Waals surface area contributed by atoms with Gasteiger partial charge in [0.05, 0.1) is 6.04 Å². The Morgan fingerprint density at radius 2 is 2.10 bits per heavy atom. The molecule has 3 rings (SSSR count). The summed E-state index contributed by atoms with van der Waals surface area (Å²) in [5, 5.41) is 7.85. The Hall–Kier alpha value is -0.870. The fraction of sp³-hybridized carbons (Fsp3) is 0.706. The highest BCUT2D eigenvalue weighted by molar-refractivity contribution is 7.07. The van der Waals surface area contributed by atoms with E-state index < -0.39 is 0 Å². The van der Waals surface area contributed by atoms with Crippen molar-refractivity contribution in [3.63, 3.8) is 0 Å². The minimum absolute atomic E-state index is 0.0171. The Morgan fingerprint density at radius 1 is 1.33 bits per heavy atom. The molecule has 0 aromatic carbocycles. The third kappa shape index (κ3) is 3.32. The molecule has 3 unspecified atom stereocenters. The van der Waals surface area contributed by atoms with Gasteiger partial charge in [-0.3, -0.25) is 10.1 Å². The van der Waals surface area contributed by atoms with Gasteiger partial charge in [-0.2, -0.15) is 11.3 Å². The van der Waals surface area contributed by atoms with E-state index in [1.54, 1.807) is 11.3 Å². The Balaban J connectivity index is 1.79. The third-order valence-corrected chi connectivity index (χ3v) is 5.30. The number of rotatable bonds is 6. The standard InChI is InChI=1S/C17H26N2OS/c1-11(2)8-15-17(20)19(12(3)9-13-4-5-13)16(18-15)14-6-7-21-10-14/h6-7,10-13,15-16,18H,4-5,8-9H2,1-3H3. The fourth-order valence-electron chi connectivity index (χ4n) is 3.40. The molecule has 0 radical (unpaired) electrons. The molecule has 21 heavy (non-hydrogen) atoms. The van der Waals surface area contributed by atoms with Gasteiger partial charge in [0.2, 0.25) is 5.91 Å². The number of hydrogen-bond acceptors (Lipinski definition) is 3. The van der Waals surface area contributed by atoms with Gasteiger partial charge in [-0.05, 0) is 54.0 Å². The number of nitrogens with zero attached hydrogens (tertiary/aromatic N) is 1. The van der Waals surface area contributed by atoms with Crippen LogP contribution in [0.2, 0.25) is 0 Å². The van der Waals surface area contributed by atoms with Gasteiger partial charge < -0.3 is 4.90 Å². The maximum Gasteiger partial charge on any atom is 0.241 e. The molecule has 1 aliphatic carbocycles. The van der Waals surface area contributed by atoms with Crippen molar-refractivity contribution < 1.29 is 4.79 Å². The fourth-order valence-corrected chi connectivity index (χ4v) is 4.08. The lowest BCUT2D eigenvalue weighted by atomic mass is 10.0. The quantitative estimate of drug-likeness (QED) is 0.867. The van der Waals surface area contributed by atoms with Gasteiger partial charge in [-0.15, -0.1) is 0 Å². The van der Waals surface area contributed by atoms with E-state index in [1.807, 2.05) is 0 Å². The smallest absolute Gasteiger partial charge is 0.241 e. The second-order valence-corrected chi connectivity index (χ2v) is 7.86. The normalized spacial score (nSPS) is 27.6. The van der Waals surface area contributed by atoms with Crippen molar-refractivity contribution in [3.05, 3.63) is 22.4 Å². The van der Waals surface area contributed by atoms with Gasteiger partial charge in [0.1, 0.15) is 6.17 Å². The number of thiophene rings is 1. The first kappa shape index (κ1) is 15.0. The van der Waals surface area contributed by atoms with Crippen molar-refractivity contribution in [3.8, 4) is 0 Å². The minimum atomic E-state index is -0.0171. The highest BCUT2D eigenvalue weighted by atomic mass is 32.1. The van der Waals surface area contributed by atoms with Crippen LogP contribution in [-0.4, -0.2) is 22.9 Å². The molecule has 1 saturated heterocycles. The average Bonchev–Trinajstić information content (AvgIpc) is 2.96. The summed E-state index contributed by atoms with van der Waals surface area (Å²) in [6.07, 6.45) is 4.84. The SMILES string of the molecule is CC(C)CC1NC(c2ccsc2)N(C(C)CC2CC2)C1=O. The van der Waals surface area contributed by atoms with Crippen LogP contribution in [0.4, 0.5) is 0 Å². The Morgan fingerprint density at radius 3 is 2.67 bits per heavy atom. The summed E-state index contributed by atoms with van der Waals surface area (Å²) in [5.74, 6) is 1.68. The summed E-state index contributed by atoms with van der Waals surface area (Å²) in [6, 6.07) is 2.46. The molecule has 2 aliphatic rings. The van der Waals surface area contributed by atoms with Gasteiger partial charge in [-0.25, -0.2) is 0 Å². The van der Waals surface area contributed by atoms with Crippen molar-refractivity contribution in [2.45, 2.75) is 64.7 Å². The molecule has 4 heteroatoms. The molecule has 3 atom stereocenters. The Labute approximate surface area is 131 Å². The van der Waals surface area contributed by atoms with Crippen LogP contribution in [0.15, 0.2) is 16.8 Å². The summed E-state index contributed by atoms with van der Waals surface area (Å²) in [4.78, 5) is 15.0. The van der Waals surface area contributed by atoms with Gasteiger partial charge in [-0.1, -0.05) is 26.7 Å². The molecule has 1 aromatic rings. The van der Waals surface area contributed by atoms with E-state index in [4.69, 9.17) is 0 Å². The lowest BCUT2D eigenvalue weighted by Gasteiger charge is -2.30. The number of hydrogen-bond donors (Lipinski definition) is 1. The largest absolute Gasteiger partial charge is 0.319 e. The van der Waals surface area contributed by atoms with Crippen molar-refractivity contribution in [2.24, 2.45) is 11.8 Å². The zero-order chi connectivity index (χ0) is 15.0. The topological polar surface area (TPSA) is 32.3 Å². The predicted molar refractivity (Wildman–Crippen MR) is 87.1 cm³/mol. The number of amides is 1. The van der Waals surface area contributed by atoms with Crippen molar-refractivity contribution in [1.29, 1.82) is 0 Å². The first-order valence-electron chi connectivity index (χ1n) is 8.16. The molecule has 0 spiro atoms. The van der Waals surface area contributed by atoms with E-state index in [0.29, 0.717) is 17.9 Å². The molecular formula is C17H26N2OS. The monoisotopic (exact) mass is 306 g/mol. The van der Waals surface area contributed by atoms with Crippen LogP contribution in [0.3, 0.4) is 0 Å². The van der Waals surface area contributed by atoms with Crippen LogP contribution in [0.1, 0.15) is 58.2 Å². The molecule has 1 saturated carbocycles. The second kappa shape index (κ2) is 6.09. The summed E-state index contributed by atoms with van der Waals surface area (Å²) in [6.45, 7) is 6.59. The van der Waals surface area contributed by atoms with E-state index in [2.05, 4.69) is 47.8 Å². The maximum atomic E-state index is 12.9. The van der Waals surface area contributed by atoms with Crippen LogP contribution in [0, 0.1) is 11.8 Å². The summed E-state index contributed by atoms with van der Waals surface area (Å²) in [7, 11) is 0. The molecule has 1 amide bonds. The highest BCUT2D eigenvalue weighted by Gasteiger charge is 2.43. The molecule has 2 fully saturated rings. The Bertz CT molecular complexity index is 481. The summed E-state index contributed by atoms with van der Waals surface area (Å²) in [5.41, 5.74) is 1.24. The molecule has 3 nitrogen and oxygen atoms in total. The third-order valence-electron chi connectivity index (χ3n) is 4.60. The molecule has 116 valence electrons. The van der Waals surface area contributed by atoms with Crippen molar-refractivity contribution in [1.82, 2.24) is 10.2 Å².